The number of amides is 1. The molecule has 0 bridgehead atoms. The van der Waals surface area contributed by atoms with Crippen LogP contribution in [0.25, 0.3) is 10.2 Å². The molecule has 31 heavy (non-hydrogen) atoms. The van der Waals surface area contributed by atoms with E-state index in [2.05, 4.69) is 18.8 Å². The van der Waals surface area contributed by atoms with Crippen molar-refractivity contribution < 1.29 is 23.8 Å². The minimum absolute atomic E-state index is 0.115. The average molecular weight is 461 g/mol. The molecule has 0 aliphatic heterocycles. The summed E-state index contributed by atoms with van der Waals surface area (Å²) in [7, 11) is 4.42. The molecule has 0 radical (unpaired) electrons. The van der Waals surface area contributed by atoms with Crippen molar-refractivity contribution in [2.24, 2.45) is 4.99 Å². The number of carbonyl (C=O) groups is 2. The van der Waals surface area contributed by atoms with Crippen LogP contribution in [0.1, 0.15) is 24.2 Å². The van der Waals surface area contributed by atoms with Crippen LogP contribution in [-0.2, 0) is 16.1 Å². The summed E-state index contributed by atoms with van der Waals surface area (Å²) in [6.45, 7) is 4.11. The van der Waals surface area contributed by atoms with Gasteiger partial charge in [0.1, 0.15) is 28.3 Å². The number of nitrogens with zero attached hydrogens (tertiary/aromatic N) is 2. The Hall–Kier alpha value is -2.78. The summed E-state index contributed by atoms with van der Waals surface area (Å²) in [4.78, 5) is 30.7. The van der Waals surface area contributed by atoms with E-state index in [0.29, 0.717) is 32.6 Å². The number of carbonyl (C=O) groups excluding carboxylic acids is 2. The van der Waals surface area contributed by atoms with Crippen LogP contribution in [0.4, 0.5) is 0 Å². The van der Waals surface area contributed by atoms with Crippen molar-refractivity contribution in [2.45, 2.75) is 30.5 Å². The Morgan fingerprint density at radius 2 is 1.68 bits per heavy atom. The molecule has 3 aromatic rings. The van der Waals surface area contributed by atoms with E-state index < -0.39 is 11.9 Å². The third-order valence-corrected chi connectivity index (χ3v) is 6.49. The summed E-state index contributed by atoms with van der Waals surface area (Å²) in [6.07, 6.45) is 0. The molecule has 0 fully saturated rings. The van der Waals surface area contributed by atoms with E-state index in [1.807, 2.05) is 12.1 Å². The van der Waals surface area contributed by atoms with E-state index in [9.17, 15) is 9.59 Å². The van der Waals surface area contributed by atoms with E-state index in [1.165, 1.54) is 18.4 Å². The molecular formula is C22H24N2O5S2. The molecule has 1 amide bonds. The third kappa shape index (κ3) is 5.11. The van der Waals surface area contributed by atoms with E-state index in [4.69, 9.17) is 14.2 Å². The van der Waals surface area contributed by atoms with Gasteiger partial charge in [-0.25, -0.2) is 0 Å². The monoisotopic (exact) mass is 460 g/mol. The zero-order valence-electron chi connectivity index (χ0n) is 18.0. The molecule has 3 rings (SSSR count). The highest BCUT2D eigenvalue weighted by Crippen LogP contribution is 2.35. The first kappa shape index (κ1) is 22.9. The summed E-state index contributed by atoms with van der Waals surface area (Å²) in [5.41, 5.74) is 1.08. The fraction of sp³-hybridized carbons (Fsp3) is 0.318. The van der Waals surface area contributed by atoms with Gasteiger partial charge in [-0.05, 0) is 36.4 Å². The van der Waals surface area contributed by atoms with Crippen LogP contribution in [0.5, 0.6) is 11.5 Å². The number of ether oxygens (including phenoxy) is 3. The second-order valence-corrected chi connectivity index (χ2v) is 9.43. The van der Waals surface area contributed by atoms with Gasteiger partial charge in [0.2, 0.25) is 0 Å². The van der Waals surface area contributed by atoms with Crippen LogP contribution in [-0.4, -0.2) is 43.0 Å². The van der Waals surface area contributed by atoms with Crippen LogP contribution in [0.3, 0.4) is 0 Å². The highest BCUT2D eigenvalue weighted by Gasteiger charge is 2.19. The third-order valence-electron chi connectivity index (χ3n) is 4.38. The van der Waals surface area contributed by atoms with E-state index in [1.54, 1.807) is 54.8 Å². The summed E-state index contributed by atoms with van der Waals surface area (Å²) in [6, 6.07) is 10.9. The number of hydrogen-bond donors (Lipinski definition) is 0. The molecule has 7 nitrogen and oxygen atoms in total. The van der Waals surface area contributed by atoms with Crippen LogP contribution in [0.15, 0.2) is 46.3 Å². The second kappa shape index (κ2) is 10.0. The van der Waals surface area contributed by atoms with Gasteiger partial charge in [0.25, 0.3) is 5.91 Å². The molecule has 164 valence electrons. The lowest BCUT2D eigenvalue weighted by Gasteiger charge is -2.09. The maximum Gasteiger partial charge on any atom is 0.325 e. The Balaban J connectivity index is 2.13. The lowest BCUT2D eigenvalue weighted by atomic mass is 10.2. The quantitative estimate of drug-likeness (QED) is 0.390. The highest BCUT2D eigenvalue weighted by atomic mass is 32.2. The topological polar surface area (TPSA) is 79.1 Å². The Labute approximate surface area is 188 Å². The predicted molar refractivity (Wildman–Crippen MR) is 122 cm³/mol. The van der Waals surface area contributed by atoms with Crippen molar-refractivity contribution in [3.05, 3.63) is 46.8 Å². The van der Waals surface area contributed by atoms with Gasteiger partial charge in [-0.3, -0.25) is 9.59 Å². The van der Waals surface area contributed by atoms with Gasteiger partial charge in [-0.1, -0.05) is 25.2 Å². The van der Waals surface area contributed by atoms with Crippen molar-refractivity contribution in [3.63, 3.8) is 0 Å². The van der Waals surface area contributed by atoms with Gasteiger partial charge in [0.15, 0.2) is 4.80 Å². The first-order valence-electron chi connectivity index (χ1n) is 9.54. The largest absolute Gasteiger partial charge is 0.495 e. The minimum Gasteiger partial charge on any atom is -0.495 e. The number of esters is 1. The number of rotatable bonds is 7. The number of methoxy groups -OCH3 is 3. The fourth-order valence-electron chi connectivity index (χ4n) is 2.98. The summed E-state index contributed by atoms with van der Waals surface area (Å²) in [5.74, 6) is 0.279. The fourth-order valence-corrected chi connectivity index (χ4v) is 4.95. The Morgan fingerprint density at radius 3 is 2.26 bits per heavy atom. The maximum absolute atomic E-state index is 12.9. The molecular weight excluding hydrogens is 436 g/mol. The number of hydrogen-bond acceptors (Lipinski definition) is 7. The lowest BCUT2D eigenvalue weighted by molar-refractivity contribution is -0.141. The van der Waals surface area contributed by atoms with Gasteiger partial charge >= 0.3 is 5.97 Å². The molecule has 0 unspecified atom stereocenters. The first-order chi connectivity index (χ1) is 14.9. The zero-order chi connectivity index (χ0) is 22.5. The van der Waals surface area contributed by atoms with Gasteiger partial charge < -0.3 is 18.8 Å². The summed E-state index contributed by atoms with van der Waals surface area (Å²) >= 11 is 2.97. The smallest absolute Gasteiger partial charge is 0.325 e. The Bertz CT molecular complexity index is 1160. The summed E-state index contributed by atoms with van der Waals surface area (Å²) in [5, 5.41) is 0.451. The van der Waals surface area contributed by atoms with E-state index in [-0.39, 0.29) is 6.54 Å². The molecule has 9 heteroatoms. The molecule has 2 aromatic carbocycles. The normalized spacial score (nSPS) is 11.7. The molecule has 0 spiro atoms. The van der Waals surface area contributed by atoms with Crippen molar-refractivity contribution in [3.8, 4) is 11.5 Å². The predicted octanol–water partition coefficient (Wildman–Crippen LogP) is 4.13. The number of thiazole rings is 1. The molecule has 1 aromatic heterocycles. The van der Waals surface area contributed by atoms with Crippen molar-refractivity contribution in [1.82, 2.24) is 4.57 Å². The van der Waals surface area contributed by atoms with Gasteiger partial charge in [0, 0.05) is 15.7 Å². The molecule has 0 atom stereocenters. The number of fused-ring (bicyclic) bond motifs is 1. The van der Waals surface area contributed by atoms with E-state index in [0.717, 1.165) is 9.60 Å². The molecule has 0 aliphatic rings. The molecule has 0 saturated carbocycles. The first-order valence-corrected chi connectivity index (χ1v) is 11.2. The standard InChI is InChI=1S/C22H24N2O5S2/c1-13(2)30-15-8-6-14(7-9-15)21(26)23-22-24(12-18(25)29-5)19-16(27-3)10-11-17(28-4)20(19)31-22/h6-11,13H,12H2,1-5H3. The van der Waals surface area contributed by atoms with Crippen molar-refractivity contribution >= 4 is 45.2 Å². The SMILES string of the molecule is COC(=O)Cn1c(=NC(=O)c2ccc(SC(C)C)cc2)sc2c(OC)ccc(OC)c21. The highest BCUT2D eigenvalue weighted by molar-refractivity contribution is 7.99. The molecule has 0 saturated heterocycles. The van der Waals surface area contributed by atoms with Crippen LogP contribution < -0.4 is 14.3 Å². The van der Waals surface area contributed by atoms with Crippen molar-refractivity contribution in [2.75, 3.05) is 21.3 Å². The van der Waals surface area contributed by atoms with Crippen LogP contribution in [0.2, 0.25) is 0 Å². The van der Waals surface area contributed by atoms with Crippen LogP contribution >= 0.6 is 23.1 Å². The van der Waals surface area contributed by atoms with Gasteiger partial charge in [-0.15, -0.1) is 11.8 Å². The maximum atomic E-state index is 12.9. The Kier molecular flexibility index (Phi) is 7.40. The molecule has 0 N–H and O–H groups in total. The minimum atomic E-state index is -0.464. The van der Waals surface area contributed by atoms with Crippen LogP contribution in [0, 0.1) is 0 Å². The van der Waals surface area contributed by atoms with Gasteiger partial charge in [0.05, 0.1) is 21.3 Å². The number of benzene rings is 2. The Morgan fingerprint density at radius 1 is 1.03 bits per heavy atom. The summed E-state index contributed by atoms with van der Waals surface area (Å²) < 4.78 is 18.1. The van der Waals surface area contributed by atoms with Gasteiger partial charge in [-0.2, -0.15) is 4.99 Å². The molecule has 0 aliphatic carbocycles. The van der Waals surface area contributed by atoms with E-state index >= 15 is 0 Å². The molecule has 1 heterocycles. The zero-order valence-corrected chi connectivity index (χ0v) is 19.6. The number of thioether (sulfide) groups is 1. The van der Waals surface area contributed by atoms with Crippen molar-refractivity contribution in [1.29, 1.82) is 0 Å². The lowest BCUT2D eigenvalue weighted by Crippen LogP contribution is -2.22. The second-order valence-electron chi connectivity index (χ2n) is 6.80. The number of aromatic nitrogens is 1. The average Bonchev–Trinajstić information content (AvgIpc) is 3.10.